The molecule has 0 radical (unpaired) electrons. The zero-order valence-electron chi connectivity index (χ0n) is 15.2. The van der Waals surface area contributed by atoms with Gasteiger partial charge in [0.25, 0.3) is 0 Å². The molecule has 1 aliphatic carbocycles. The van der Waals surface area contributed by atoms with E-state index < -0.39 is 0 Å². The van der Waals surface area contributed by atoms with Crippen LogP contribution in [0.4, 0.5) is 0 Å². The Labute approximate surface area is 157 Å². The molecular weight excluding hydrogens is 336 g/mol. The monoisotopic (exact) mass is 366 g/mol. The van der Waals surface area contributed by atoms with Gasteiger partial charge in [-0.15, -0.1) is 12.4 Å². The summed E-state index contributed by atoms with van der Waals surface area (Å²) in [4.78, 5) is 14.9. The van der Waals surface area contributed by atoms with Crippen molar-refractivity contribution in [3.05, 3.63) is 35.9 Å². The van der Waals surface area contributed by atoms with Gasteiger partial charge >= 0.3 is 0 Å². The largest absolute Gasteiger partial charge is 0.376 e. The molecule has 1 aromatic rings. The molecule has 1 saturated carbocycles. The highest BCUT2D eigenvalue weighted by Gasteiger charge is 2.41. The van der Waals surface area contributed by atoms with Crippen molar-refractivity contribution < 1.29 is 9.53 Å². The fraction of sp³-hybridized carbons (Fsp3) is 0.650. The van der Waals surface area contributed by atoms with Crippen LogP contribution in [-0.2, 0) is 16.1 Å². The third-order valence-corrected chi connectivity index (χ3v) is 5.62. The van der Waals surface area contributed by atoms with Crippen molar-refractivity contribution in [2.45, 2.75) is 51.2 Å². The van der Waals surface area contributed by atoms with Gasteiger partial charge in [0.1, 0.15) is 0 Å². The molecule has 0 spiro atoms. The van der Waals surface area contributed by atoms with Gasteiger partial charge in [-0.25, -0.2) is 0 Å². The summed E-state index contributed by atoms with van der Waals surface area (Å²) in [5.74, 6) is 0.714. The summed E-state index contributed by atoms with van der Waals surface area (Å²) < 4.78 is 5.86. The molecule has 2 N–H and O–H groups in total. The number of nitrogens with zero attached hydrogens (tertiary/aromatic N) is 1. The van der Waals surface area contributed by atoms with E-state index in [1.165, 1.54) is 5.56 Å². The molecule has 3 unspecified atom stereocenters. The second kappa shape index (κ2) is 9.02. The van der Waals surface area contributed by atoms with Crippen molar-refractivity contribution >= 4 is 18.3 Å². The lowest BCUT2D eigenvalue weighted by Crippen LogP contribution is -2.53. The number of carbonyl (C=O) groups excluding carboxylic acids is 1. The molecular formula is C20H31ClN2O2. The fourth-order valence-corrected chi connectivity index (χ4v) is 4.07. The number of likely N-dealkylation sites (tertiary alicyclic amines) is 1. The number of hydrogen-bond acceptors (Lipinski definition) is 3. The molecule has 1 aromatic carbocycles. The molecule has 3 rings (SSSR count). The summed E-state index contributed by atoms with van der Waals surface area (Å²) >= 11 is 0. The Balaban J connectivity index is 0.00000225. The first-order chi connectivity index (χ1) is 11.6. The average Bonchev–Trinajstić information content (AvgIpc) is 3.04. The Hall–Kier alpha value is -1.10. The van der Waals surface area contributed by atoms with E-state index in [-0.39, 0.29) is 29.8 Å². The highest BCUT2D eigenvalue weighted by molar-refractivity contribution is 5.85. The number of amides is 1. The predicted molar refractivity (Wildman–Crippen MR) is 103 cm³/mol. The van der Waals surface area contributed by atoms with E-state index >= 15 is 0 Å². The molecule has 25 heavy (non-hydrogen) atoms. The summed E-state index contributed by atoms with van der Waals surface area (Å²) in [6.07, 6.45) is 5.21. The summed E-state index contributed by atoms with van der Waals surface area (Å²) in [6.45, 7) is 5.09. The predicted octanol–water partition coefficient (Wildman–Crippen LogP) is 3.38. The molecule has 0 aromatic heterocycles. The molecule has 0 bridgehead atoms. The van der Waals surface area contributed by atoms with Crippen LogP contribution in [0.15, 0.2) is 30.3 Å². The van der Waals surface area contributed by atoms with E-state index in [1.807, 2.05) is 30.0 Å². The Kier molecular flexibility index (Phi) is 7.29. The molecule has 4 nitrogen and oxygen atoms in total. The summed E-state index contributed by atoms with van der Waals surface area (Å²) in [5.41, 5.74) is 7.26. The van der Waals surface area contributed by atoms with Gasteiger partial charge in [0.15, 0.2) is 0 Å². The van der Waals surface area contributed by atoms with Gasteiger partial charge in [-0.05, 0) is 31.7 Å². The van der Waals surface area contributed by atoms with Crippen LogP contribution in [-0.4, -0.2) is 36.0 Å². The lowest BCUT2D eigenvalue weighted by molar-refractivity contribution is -0.138. The van der Waals surface area contributed by atoms with Crippen LogP contribution in [0.1, 0.15) is 44.6 Å². The second-order valence-electron chi connectivity index (χ2n) is 7.74. The van der Waals surface area contributed by atoms with E-state index in [0.717, 1.165) is 51.8 Å². The van der Waals surface area contributed by atoms with E-state index in [1.54, 1.807) is 0 Å². The second-order valence-corrected chi connectivity index (χ2v) is 7.74. The Morgan fingerprint density at radius 1 is 1.28 bits per heavy atom. The van der Waals surface area contributed by atoms with E-state index in [4.69, 9.17) is 10.5 Å². The molecule has 1 aliphatic heterocycles. The molecule has 5 heteroatoms. The lowest BCUT2D eigenvalue weighted by atomic mass is 9.74. The molecule has 2 fully saturated rings. The minimum atomic E-state index is -0.336. The average molecular weight is 367 g/mol. The number of rotatable bonds is 5. The maximum Gasteiger partial charge on any atom is 0.227 e. The maximum absolute atomic E-state index is 12.9. The van der Waals surface area contributed by atoms with Crippen LogP contribution in [0.2, 0.25) is 0 Å². The van der Waals surface area contributed by atoms with Crippen LogP contribution in [0.3, 0.4) is 0 Å². The van der Waals surface area contributed by atoms with Crippen LogP contribution >= 0.6 is 12.4 Å². The SMILES string of the molecule is CC1(N)CCCCC1C(=O)N1CCC(COCc2ccccc2)C1.Cl. The standard InChI is InChI=1S/C20H30N2O2.ClH/c1-20(21)11-6-5-9-18(20)19(23)22-12-10-17(13-22)15-24-14-16-7-3-2-4-8-16;/h2-4,7-8,17-18H,5-6,9-15,21H2,1H3;1H. The quantitative estimate of drug-likeness (QED) is 0.869. The first kappa shape index (κ1) is 20.2. The zero-order valence-corrected chi connectivity index (χ0v) is 16.0. The van der Waals surface area contributed by atoms with Crippen LogP contribution in [0.5, 0.6) is 0 Å². The fourth-order valence-electron chi connectivity index (χ4n) is 4.07. The van der Waals surface area contributed by atoms with E-state index in [9.17, 15) is 4.79 Å². The van der Waals surface area contributed by atoms with Gasteiger partial charge in [-0.2, -0.15) is 0 Å². The van der Waals surface area contributed by atoms with Gasteiger partial charge < -0.3 is 15.4 Å². The van der Waals surface area contributed by atoms with Gasteiger partial charge in [0, 0.05) is 24.5 Å². The molecule has 1 amide bonds. The van der Waals surface area contributed by atoms with Gasteiger partial charge in [0.05, 0.1) is 19.1 Å². The van der Waals surface area contributed by atoms with Crippen molar-refractivity contribution in [1.82, 2.24) is 4.90 Å². The highest BCUT2D eigenvalue weighted by Crippen LogP contribution is 2.34. The minimum Gasteiger partial charge on any atom is -0.376 e. The summed E-state index contributed by atoms with van der Waals surface area (Å²) in [7, 11) is 0. The number of carbonyl (C=O) groups is 1. The van der Waals surface area contributed by atoms with Crippen molar-refractivity contribution in [3.8, 4) is 0 Å². The highest BCUT2D eigenvalue weighted by atomic mass is 35.5. The molecule has 3 atom stereocenters. The number of halogens is 1. The molecule has 1 heterocycles. The zero-order chi connectivity index (χ0) is 17.0. The topological polar surface area (TPSA) is 55.6 Å². The Morgan fingerprint density at radius 3 is 2.76 bits per heavy atom. The van der Waals surface area contributed by atoms with Crippen LogP contribution < -0.4 is 5.73 Å². The van der Waals surface area contributed by atoms with Crippen molar-refractivity contribution in [2.24, 2.45) is 17.6 Å². The number of ether oxygens (including phenoxy) is 1. The number of hydrogen-bond donors (Lipinski definition) is 1. The maximum atomic E-state index is 12.9. The van der Waals surface area contributed by atoms with Gasteiger partial charge in [0.2, 0.25) is 5.91 Å². The summed E-state index contributed by atoms with van der Waals surface area (Å²) in [5, 5.41) is 0. The van der Waals surface area contributed by atoms with Gasteiger partial charge in [-0.3, -0.25) is 4.79 Å². The molecule has 140 valence electrons. The van der Waals surface area contributed by atoms with E-state index in [0.29, 0.717) is 12.5 Å². The number of benzene rings is 1. The van der Waals surface area contributed by atoms with Crippen molar-refractivity contribution in [1.29, 1.82) is 0 Å². The van der Waals surface area contributed by atoms with E-state index in [2.05, 4.69) is 12.1 Å². The van der Waals surface area contributed by atoms with Crippen LogP contribution in [0, 0.1) is 11.8 Å². The number of nitrogens with two attached hydrogens (primary N) is 1. The smallest absolute Gasteiger partial charge is 0.227 e. The van der Waals surface area contributed by atoms with Gasteiger partial charge in [-0.1, -0.05) is 43.2 Å². The molecule has 2 aliphatic rings. The molecule has 1 saturated heterocycles. The van der Waals surface area contributed by atoms with Crippen molar-refractivity contribution in [2.75, 3.05) is 19.7 Å². The minimum absolute atomic E-state index is 0. The first-order valence-electron chi connectivity index (χ1n) is 9.25. The normalized spacial score (nSPS) is 29.3. The summed E-state index contributed by atoms with van der Waals surface area (Å²) in [6, 6.07) is 10.2. The third kappa shape index (κ3) is 5.19. The Morgan fingerprint density at radius 2 is 2.04 bits per heavy atom. The van der Waals surface area contributed by atoms with Crippen LogP contribution in [0.25, 0.3) is 0 Å². The van der Waals surface area contributed by atoms with Crippen molar-refractivity contribution in [3.63, 3.8) is 0 Å². The first-order valence-corrected chi connectivity index (χ1v) is 9.25. The lowest BCUT2D eigenvalue weighted by Gasteiger charge is -2.39. The Bertz CT molecular complexity index is 550. The third-order valence-electron chi connectivity index (χ3n) is 5.62.